The van der Waals surface area contributed by atoms with Gasteiger partial charge in [-0.05, 0) is 52.7 Å². The number of rotatable bonds is 4. The number of pyridine rings is 1. The molecule has 1 N–H and O–H groups in total. The first-order chi connectivity index (χ1) is 10.7. The maximum Gasteiger partial charge on any atom is 0.255 e. The second-order valence-electron chi connectivity index (χ2n) is 7.23. The smallest absolute Gasteiger partial charge is 0.255 e. The Balaban J connectivity index is 2.01. The number of hydrogen-bond donors (Lipinski definition) is 1. The quantitative estimate of drug-likeness (QED) is 0.944. The molecule has 1 fully saturated rings. The van der Waals surface area contributed by atoms with Gasteiger partial charge in [-0.15, -0.1) is 0 Å². The van der Waals surface area contributed by atoms with Crippen molar-refractivity contribution in [1.29, 1.82) is 0 Å². The fourth-order valence-corrected chi connectivity index (χ4v) is 2.97. The molecule has 0 radical (unpaired) electrons. The van der Waals surface area contributed by atoms with Crippen molar-refractivity contribution in [1.82, 2.24) is 14.3 Å². The molecule has 0 saturated heterocycles. The van der Waals surface area contributed by atoms with Gasteiger partial charge in [0.15, 0.2) is 0 Å². The molecule has 1 atom stereocenters. The van der Waals surface area contributed by atoms with Crippen LogP contribution in [0.3, 0.4) is 0 Å². The Kier molecular flexibility index (Phi) is 3.71. The van der Waals surface area contributed by atoms with Crippen molar-refractivity contribution in [3.05, 3.63) is 35.4 Å². The van der Waals surface area contributed by atoms with E-state index in [1.54, 1.807) is 25.8 Å². The number of imidazole rings is 1. The average Bonchev–Trinajstić information content (AvgIpc) is 3.24. The summed E-state index contributed by atoms with van der Waals surface area (Å²) in [6.45, 7) is 7.27. The molecule has 3 rings (SSSR count). The summed E-state index contributed by atoms with van der Waals surface area (Å²) in [5.41, 5.74) is 1.66. The predicted octanol–water partition coefficient (Wildman–Crippen LogP) is 2.75. The van der Waals surface area contributed by atoms with Gasteiger partial charge in [0.25, 0.3) is 5.91 Å². The topological polar surface area (TPSA) is 57.8 Å². The van der Waals surface area contributed by atoms with E-state index in [9.17, 15) is 9.90 Å². The number of hydrogen-bond acceptors (Lipinski definition) is 3. The molecule has 0 aliphatic heterocycles. The Morgan fingerprint density at radius 1 is 1.43 bits per heavy atom. The van der Waals surface area contributed by atoms with Gasteiger partial charge in [-0.2, -0.15) is 0 Å². The Labute approximate surface area is 136 Å². The lowest BCUT2D eigenvalue weighted by Crippen LogP contribution is -2.48. The third-order valence-electron chi connectivity index (χ3n) is 5.06. The highest BCUT2D eigenvalue weighted by atomic mass is 16.3. The number of aryl methyl sites for hydroxylation is 1. The SMILES string of the molecule is Cc1c(C(=O)N(C)C(C)C(C)(C)O)ccc2cnc(C3CC3)n12. The highest BCUT2D eigenvalue weighted by molar-refractivity contribution is 5.95. The second-order valence-corrected chi connectivity index (χ2v) is 7.23. The van der Waals surface area contributed by atoms with Crippen molar-refractivity contribution in [3.8, 4) is 0 Å². The zero-order valence-electron chi connectivity index (χ0n) is 14.5. The Bertz CT molecular complexity index is 753. The first-order valence-corrected chi connectivity index (χ1v) is 8.18. The molecule has 0 spiro atoms. The van der Waals surface area contributed by atoms with Crippen molar-refractivity contribution >= 4 is 11.4 Å². The van der Waals surface area contributed by atoms with Crippen molar-refractivity contribution in [3.63, 3.8) is 0 Å². The summed E-state index contributed by atoms with van der Waals surface area (Å²) >= 11 is 0. The van der Waals surface area contributed by atoms with Gasteiger partial charge >= 0.3 is 0 Å². The van der Waals surface area contributed by atoms with E-state index < -0.39 is 5.60 Å². The van der Waals surface area contributed by atoms with Crippen LogP contribution in [0.5, 0.6) is 0 Å². The number of likely N-dealkylation sites (N-methyl/N-ethyl adjacent to an activating group) is 1. The second kappa shape index (κ2) is 5.34. The van der Waals surface area contributed by atoms with Gasteiger partial charge in [0, 0.05) is 18.7 Å². The lowest BCUT2D eigenvalue weighted by atomic mass is 9.98. The largest absolute Gasteiger partial charge is 0.388 e. The molecule has 5 nitrogen and oxygen atoms in total. The molecule has 5 heteroatoms. The minimum atomic E-state index is -0.948. The Morgan fingerprint density at radius 3 is 2.65 bits per heavy atom. The maximum absolute atomic E-state index is 12.9. The van der Waals surface area contributed by atoms with Gasteiger partial charge in [-0.3, -0.25) is 9.20 Å². The first kappa shape index (κ1) is 16.0. The van der Waals surface area contributed by atoms with Crippen LogP contribution in [0.1, 0.15) is 61.4 Å². The molecule has 1 aliphatic rings. The van der Waals surface area contributed by atoms with Crippen LogP contribution in [-0.2, 0) is 0 Å². The molecule has 1 unspecified atom stereocenters. The standard InChI is InChI=1S/C18H25N3O2/c1-11-15(17(22)20(5)12(2)18(3,4)23)9-8-14-10-19-16(21(11)14)13-6-7-13/h8-10,12-13,23H,6-7H2,1-5H3. The van der Waals surface area contributed by atoms with Crippen LogP contribution in [0.15, 0.2) is 18.3 Å². The predicted molar refractivity (Wildman–Crippen MR) is 89.8 cm³/mol. The zero-order chi connectivity index (χ0) is 16.9. The molecule has 2 aromatic rings. The van der Waals surface area contributed by atoms with E-state index in [-0.39, 0.29) is 11.9 Å². The van der Waals surface area contributed by atoms with E-state index >= 15 is 0 Å². The number of aromatic nitrogens is 2. The number of aliphatic hydroxyl groups is 1. The van der Waals surface area contributed by atoms with E-state index in [4.69, 9.17) is 0 Å². The number of carbonyl (C=O) groups excluding carboxylic acids is 1. The van der Waals surface area contributed by atoms with E-state index in [0.717, 1.165) is 17.0 Å². The van der Waals surface area contributed by atoms with Gasteiger partial charge < -0.3 is 10.0 Å². The molecule has 2 aromatic heterocycles. The van der Waals surface area contributed by atoms with Gasteiger partial charge in [0.2, 0.25) is 0 Å². The molecule has 1 amide bonds. The van der Waals surface area contributed by atoms with Gasteiger partial charge in [-0.1, -0.05) is 0 Å². The summed E-state index contributed by atoms with van der Waals surface area (Å²) in [6.07, 6.45) is 4.22. The van der Waals surface area contributed by atoms with Gasteiger partial charge in [0.05, 0.1) is 28.9 Å². The first-order valence-electron chi connectivity index (χ1n) is 8.18. The van der Waals surface area contributed by atoms with Crippen LogP contribution in [0, 0.1) is 6.92 Å². The normalized spacial score (nSPS) is 16.6. The minimum Gasteiger partial charge on any atom is -0.388 e. The van der Waals surface area contributed by atoms with Crippen LogP contribution < -0.4 is 0 Å². The molecule has 0 aromatic carbocycles. The van der Waals surface area contributed by atoms with Crippen molar-refractivity contribution in [2.45, 2.75) is 58.1 Å². The molecule has 23 heavy (non-hydrogen) atoms. The summed E-state index contributed by atoms with van der Waals surface area (Å²) in [4.78, 5) is 19.0. The summed E-state index contributed by atoms with van der Waals surface area (Å²) in [6, 6.07) is 3.52. The summed E-state index contributed by atoms with van der Waals surface area (Å²) in [7, 11) is 1.74. The molecule has 0 bridgehead atoms. The summed E-state index contributed by atoms with van der Waals surface area (Å²) in [5, 5.41) is 10.2. The van der Waals surface area contributed by atoms with Crippen LogP contribution in [0.25, 0.3) is 5.52 Å². The van der Waals surface area contributed by atoms with E-state index in [1.165, 1.54) is 12.8 Å². The van der Waals surface area contributed by atoms with E-state index in [0.29, 0.717) is 11.5 Å². The van der Waals surface area contributed by atoms with Crippen LogP contribution >= 0.6 is 0 Å². The molecule has 1 aliphatic carbocycles. The highest BCUT2D eigenvalue weighted by Gasteiger charge is 2.32. The van der Waals surface area contributed by atoms with Crippen molar-refractivity contribution in [2.24, 2.45) is 0 Å². The monoisotopic (exact) mass is 315 g/mol. The molecular formula is C18H25N3O2. The average molecular weight is 315 g/mol. The van der Waals surface area contributed by atoms with Gasteiger partial charge in [-0.25, -0.2) is 4.98 Å². The Morgan fingerprint density at radius 2 is 2.09 bits per heavy atom. The summed E-state index contributed by atoms with van der Waals surface area (Å²) < 4.78 is 2.10. The molecule has 124 valence electrons. The third-order valence-corrected chi connectivity index (χ3v) is 5.06. The van der Waals surface area contributed by atoms with Crippen LogP contribution in [0.2, 0.25) is 0 Å². The minimum absolute atomic E-state index is 0.0746. The lowest BCUT2D eigenvalue weighted by molar-refractivity contribution is 0.000497. The number of amides is 1. The Hall–Kier alpha value is -1.88. The van der Waals surface area contributed by atoms with Crippen LogP contribution in [-0.4, -0.2) is 44.0 Å². The van der Waals surface area contributed by atoms with E-state index in [1.807, 2.05) is 32.2 Å². The lowest BCUT2D eigenvalue weighted by Gasteiger charge is -2.34. The highest BCUT2D eigenvalue weighted by Crippen LogP contribution is 2.40. The molecule has 2 heterocycles. The number of carbonyl (C=O) groups is 1. The fourth-order valence-electron chi connectivity index (χ4n) is 2.97. The van der Waals surface area contributed by atoms with Gasteiger partial charge in [0.1, 0.15) is 5.82 Å². The maximum atomic E-state index is 12.9. The van der Waals surface area contributed by atoms with Crippen LogP contribution in [0.4, 0.5) is 0 Å². The molecular weight excluding hydrogens is 290 g/mol. The fraction of sp³-hybridized carbons (Fsp3) is 0.556. The zero-order valence-corrected chi connectivity index (χ0v) is 14.5. The third kappa shape index (κ3) is 2.74. The summed E-state index contributed by atoms with van der Waals surface area (Å²) in [5.74, 6) is 1.51. The number of fused-ring (bicyclic) bond motifs is 1. The molecule has 1 saturated carbocycles. The van der Waals surface area contributed by atoms with E-state index in [2.05, 4.69) is 9.38 Å². The van der Waals surface area contributed by atoms with Crippen molar-refractivity contribution in [2.75, 3.05) is 7.05 Å². The number of nitrogens with zero attached hydrogens (tertiary/aromatic N) is 3. The van der Waals surface area contributed by atoms with Crippen molar-refractivity contribution < 1.29 is 9.90 Å².